The molecule has 3 nitrogen and oxygen atoms in total. The number of aliphatic hydroxyl groups is 1. The second-order valence-electron chi connectivity index (χ2n) is 5.34. The van der Waals surface area contributed by atoms with Crippen LogP contribution in [0.3, 0.4) is 0 Å². The molecular weight excluding hydrogens is 188 g/mol. The van der Waals surface area contributed by atoms with E-state index in [0.717, 1.165) is 24.8 Å². The molecule has 0 spiro atoms. The Kier molecular flexibility index (Phi) is 4.00. The Balaban J connectivity index is 1.43. The molecule has 15 heavy (non-hydrogen) atoms. The number of rotatable bonds is 7. The normalized spacial score (nSPS) is 30.6. The van der Waals surface area contributed by atoms with E-state index in [9.17, 15) is 5.11 Å². The second kappa shape index (κ2) is 5.28. The molecule has 0 aromatic rings. The molecule has 2 rings (SSSR count). The van der Waals surface area contributed by atoms with Crippen molar-refractivity contribution in [2.24, 2.45) is 5.92 Å². The van der Waals surface area contributed by atoms with Gasteiger partial charge in [0.05, 0.1) is 6.10 Å². The van der Waals surface area contributed by atoms with E-state index in [1.54, 1.807) is 0 Å². The predicted octanol–water partition coefficient (Wildman–Crippen LogP) is 0.831. The Morgan fingerprint density at radius 3 is 2.67 bits per heavy atom. The van der Waals surface area contributed by atoms with Crippen LogP contribution >= 0.6 is 0 Å². The van der Waals surface area contributed by atoms with Gasteiger partial charge in [-0.3, -0.25) is 0 Å². The van der Waals surface area contributed by atoms with Gasteiger partial charge in [-0.05, 0) is 58.2 Å². The lowest BCUT2D eigenvalue weighted by Crippen LogP contribution is -2.37. The Hall–Kier alpha value is -0.120. The van der Waals surface area contributed by atoms with Gasteiger partial charge in [-0.15, -0.1) is 0 Å². The van der Waals surface area contributed by atoms with Crippen LogP contribution in [0.15, 0.2) is 0 Å². The number of hydrogen-bond acceptors (Lipinski definition) is 3. The van der Waals surface area contributed by atoms with Gasteiger partial charge in [0.1, 0.15) is 0 Å². The van der Waals surface area contributed by atoms with Crippen LogP contribution in [0.25, 0.3) is 0 Å². The van der Waals surface area contributed by atoms with Crippen molar-refractivity contribution < 1.29 is 5.11 Å². The third-order valence-electron chi connectivity index (χ3n) is 3.51. The average molecular weight is 212 g/mol. The largest absolute Gasteiger partial charge is 0.393 e. The lowest BCUT2D eigenvalue weighted by atomic mass is 9.82. The van der Waals surface area contributed by atoms with Crippen molar-refractivity contribution >= 4 is 0 Å². The zero-order chi connectivity index (χ0) is 10.7. The van der Waals surface area contributed by atoms with E-state index >= 15 is 0 Å². The molecule has 0 aromatic heterocycles. The number of nitrogens with one attached hydrogen (secondary N) is 1. The van der Waals surface area contributed by atoms with Gasteiger partial charge in [0.2, 0.25) is 0 Å². The zero-order valence-electron chi connectivity index (χ0n) is 9.78. The zero-order valence-corrected chi connectivity index (χ0v) is 9.78. The highest BCUT2D eigenvalue weighted by Crippen LogP contribution is 2.27. The topological polar surface area (TPSA) is 35.5 Å². The summed E-state index contributed by atoms with van der Waals surface area (Å²) in [7, 11) is 2.20. The first-order valence-corrected chi connectivity index (χ1v) is 6.34. The van der Waals surface area contributed by atoms with E-state index in [1.807, 2.05) is 0 Å². The van der Waals surface area contributed by atoms with Crippen LogP contribution in [0, 0.1) is 5.92 Å². The van der Waals surface area contributed by atoms with E-state index in [2.05, 4.69) is 17.3 Å². The fraction of sp³-hybridized carbons (Fsp3) is 1.00. The monoisotopic (exact) mass is 212 g/mol. The molecule has 2 aliphatic rings. The number of aliphatic hydroxyl groups excluding tert-OH is 1. The van der Waals surface area contributed by atoms with Crippen molar-refractivity contribution in [2.45, 2.75) is 44.2 Å². The molecule has 0 unspecified atom stereocenters. The highest BCUT2D eigenvalue weighted by Gasteiger charge is 2.27. The van der Waals surface area contributed by atoms with Crippen molar-refractivity contribution in [3.8, 4) is 0 Å². The first kappa shape index (κ1) is 11.4. The lowest BCUT2D eigenvalue weighted by Gasteiger charge is -2.34. The summed E-state index contributed by atoms with van der Waals surface area (Å²) in [6.45, 7) is 3.52. The van der Waals surface area contributed by atoms with Crippen LogP contribution in [0.4, 0.5) is 0 Å². The molecule has 0 aromatic carbocycles. The summed E-state index contributed by atoms with van der Waals surface area (Å²) >= 11 is 0. The maximum Gasteiger partial charge on any atom is 0.0546 e. The molecule has 0 heterocycles. The Bertz CT molecular complexity index is 188. The minimum atomic E-state index is -0.0000618. The predicted molar refractivity (Wildman–Crippen MR) is 61.9 cm³/mol. The van der Waals surface area contributed by atoms with Crippen molar-refractivity contribution in [3.05, 3.63) is 0 Å². The molecule has 3 heteroatoms. The smallest absolute Gasteiger partial charge is 0.0546 e. The summed E-state index contributed by atoms with van der Waals surface area (Å²) in [6.07, 6.45) is 6.06. The van der Waals surface area contributed by atoms with Crippen LogP contribution in [0.1, 0.15) is 32.1 Å². The molecule has 0 bridgehead atoms. The molecule has 2 N–H and O–H groups in total. The SMILES string of the molecule is CN(CCCNC1CC1)CC1CC(O)C1. The molecule has 0 aliphatic heterocycles. The van der Waals surface area contributed by atoms with E-state index in [-0.39, 0.29) is 6.10 Å². The van der Waals surface area contributed by atoms with Gasteiger partial charge in [0, 0.05) is 12.6 Å². The highest BCUT2D eigenvalue weighted by atomic mass is 16.3. The molecule has 2 fully saturated rings. The molecule has 0 atom stereocenters. The molecular formula is C12H24N2O. The third-order valence-corrected chi connectivity index (χ3v) is 3.51. The number of hydrogen-bond donors (Lipinski definition) is 2. The summed E-state index contributed by atoms with van der Waals surface area (Å²) in [5.41, 5.74) is 0. The highest BCUT2D eigenvalue weighted by molar-refractivity contribution is 4.82. The summed E-state index contributed by atoms with van der Waals surface area (Å²) in [5, 5.41) is 12.7. The van der Waals surface area contributed by atoms with Gasteiger partial charge in [-0.25, -0.2) is 0 Å². The fourth-order valence-electron chi connectivity index (χ4n) is 2.32. The molecule has 0 saturated heterocycles. The second-order valence-corrected chi connectivity index (χ2v) is 5.34. The summed E-state index contributed by atoms with van der Waals surface area (Å²) in [5.74, 6) is 0.751. The average Bonchev–Trinajstić information content (AvgIpc) is 2.93. The summed E-state index contributed by atoms with van der Waals surface area (Å²) < 4.78 is 0. The Morgan fingerprint density at radius 1 is 1.33 bits per heavy atom. The Labute approximate surface area is 92.8 Å². The summed E-state index contributed by atoms with van der Waals surface area (Å²) in [6, 6.07) is 0.845. The van der Waals surface area contributed by atoms with Gasteiger partial charge >= 0.3 is 0 Å². The first-order chi connectivity index (χ1) is 7.24. The van der Waals surface area contributed by atoms with Gasteiger partial charge in [-0.1, -0.05) is 0 Å². The summed E-state index contributed by atoms with van der Waals surface area (Å²) in [4.78, 5) is 2.41. The van der Waals surface area contributed by atoms with E-state index in [1.165, 1.54) is 38.9 Å². The Morgan fingerprint density at radius 2 is 2.07 bits per heavy atom. The molecule has 88 valence electrons. The molecule has 0 amide bonds. The molecule has 0 radical (unpaired) electrons. The van der Waals surface area contributed by atoms with Crippen molar-refractivity contribution in [1.29, 1.82) is 0 Å². The van der Waals surface area contributed by atoms with Crippen molar-refractivity contribution in [2.75, 3.05) is 26.7 Å². The standard InChI is InChI=1S/C12H24N2O/c1-14(9-10-7-12(15)8-10)6-2-5-13-11-3-4-11/h10-13,15H,2-9H2,1H3. The van der Waals surface area contributed by atoms with Crippen molar-refractivity contribution in [3.63, 3.8) is 0 Å². The van der Waals surface area contributed by atoms with Crippen molar-refractivity contribution in [1.82, 2.24) is 10.2 Å². The maximum atomic E-state index is 9.18. The third kappa shape index (κ3) is 4.09. The minimum absolute atomic E-state index is 0.0000618. The van der Waals surface area contributed by atoms with Crippen LogP contribution in [-0.2, 0) is 0 Å². The van der Waals surface area contributed by atoms with E-state index in [4.69, 9.17) is 0 Å². The van der Waals surface area contributed by atoms with Gasteiger partial charge in [-0.2, -0.15) is 0 Å². The minimum Gasteiger partial charge on any atom is -0.393 e. The van der Waals surface area contributed by atoms with Gasteiger partial charge < -0.3 is 15.3 Å². The van der Waals surface area contributed by atoms with E-state index in [0.29, 0.717) is 0 Å². The quantitative estimate of drug-likeness (QED) is 0.614. The molecule has 2 aliphatic carbocycles. The lowest BCUT2D eigenvalue weighted by molar-refractivity contribution is 0.0283. The van der Waals surface area contributed by atoms with Crippen LogP contribution in [-0.4, -0.2) is 48.8 Å². The van der Waals surface area contributed by atoms with E-state index < -0.39 is 0 Å². The number of nitrogens with zero attached hydrogens (tertiary/aromatic N) is 1. The maximum absolute atomic E-state index is 9.18. The first-order valence-electron chi connectivity index (χ1n) is 6.34. The van der Waals surface area contributed by atoms with Gasteiger partial charge in [0.25, 0.3) is 0 Å². The van der Waals surface area contributed by atoms with Crippen LogP contribution < -0.4 is 5.32 Å². The van der Waals surface area contributed by atoms with Crippen LogP contribution in [0.5, 0.6) is 0 Å². The fourth-order valence-corrected chi connectivity index (χ4v) is 2.32. The van der Waals surface area contributed by atoms with Gasteiger partial charge in [0.15, 0.2) is 0 Å². The van der Waals surface area contributed by atoms with Crippen LogP contribution in [0.2, 0.25) is 0 Å². The molecule has 2 saturated carbocycles.